The summed E-state index contributed by atoms with van der Waals surface area (Å²) in [7, 11) is 0. The molecule has 1 aromatic carbocycles. The minimum absolute atomic E-state index is 0.484. The molecule has 1 saturated heterocycles. The zero-order valence-electron chi connectivity index (χ0n) is 10.4. The third-order valence-corrected chi connectivity index (χ3v) is 3.40. The van der Waals surface area contributed by atoms with Crippen molar-refractivity contribution in [2.24, 2.45) is 0 Å². The van der Waals surface area contributed by atoms with Crippen LogP contribution < -0.4 is 0 Å². The molecule has 5 atom stereocenters. The molecule has 2 aromatic rings. The van der Waals surface area contributed by atoms with E-state index in [1.54, 1.807) is 24.3 Å². The second kappa shape index (κ2) is 5.08. The minimum atomic E-state index is -1.44. The van der Waals surface area contributed by atoms with Gasteiger partial charge in [0.1, 0.15) is 35.4 Å². The molecule has 0 bridgehead atoms. The highest BCUT2D eigenvalue weighted by Gasteiger charge is 2.45. The second-order valence-electron chi connectivity index (χ2n) is 4.73. The van der Waals surface area contributed by atoms with Crippen LogP contribution in [0.5, 0.6) is 0 Å². The molecule has 4 N–H and O–H groups in total. The normalized spacial score (nSPS) is 34.5. The maximum Gasteiger partial charge on any atom is 0.198 e. The fourth-order valence-corrected chi connectivity index (χ4v) is 2.26. The number of hydrogen-bond acceptors (Lipinski definition) is 7. The summed E-state index contributed by atoms with van der Waals surface area (Å²) < 4.78 is 5.37. The molecule has 20 heavy (non-hydrogen) atoms. The Kier molecular flexibility index (Phi) is 3.40. The zero-order valence-corrected chi connectivity index (χ0v) is 10.4. The van der Waals surface area contributed by atoms with Gasteiger partial charge in [-0.05, 0) is 12.1 Å². The predicted molar refractivity (Wildman–Crippen MR) is 66.5 cm³/mol. The van der Waals surface area contributed by atoms with Crippen LogP contribution in [0.3, 0.4) is 0 Å². The van der Waals surface area contributed by atoms with Gasteiger partial charge in [-0.2, -0.15) is 15.0 Å². The number of rotatable bonds is 2. The van der Waals surface area contributed by atoms with E-state index in [0.29, 0.717) is 11.0 Å². The van der Waals surface area contributed by atoms with Crippen LogP contribution in [0.25, 0.3) is 11.0 Å². The highest BCUT2D eigenvalue weighted by atomic mass is 16.6. The highest BCUT2D eigenvalue weighted by Crippen LogP contribution is 2.27. The molecule has 0 saturated carbocycles. The van der Waals surface area contributed by atoms with Crippen molar-refractivity contribution in [1.29, 1.82) is 0 Å². The Morgan fingerprint density at radius 1 is 1.00 bits per heavy atom. The van der Waals surface area contributed by atoms with Gasteiger partial charge in [-0.15, -0.1) is 0 Å². The van der Waals surface area contributed by atoms with Crippen LogP contribution in [-0.2, 0) is 4.74 Å². The van der Waals surface area contributed by atoms with Gasteiger partial charge >= 0.3 is 0 Å². The number of hydrogen-bond donors (Lipinski definition) is 4. The van der Waals surface area contributed by atoms with Crippen LogP contribution in [-0.4, -0.2) is 66.4 Å². The molecule has 1 aliphatic rings. The Hall–Kier alpha value is -1.58. The third-order valence-electron chi connectivity index (χ3n) is 3.40. The first-order valence-corrected chi connectivity index (χ1v) is 6.24. The molecule has 2 heterocycles. The summed E-state index contributed by atoms with van der Waals surface area (Å²) >= 11 is 0. The standard InChI is InChI=1S/C12H15N3O5/c16-5-8-9(17)10(18)11(19)12(20-8)15-13-6-3-1-2-4-7(6)14-15/h1-4,8-12,16-19H,5H2/t8-,9-,10+,11+,12-/m0/s1. The van der Waals surface area contributed by atoms with Crippen molar-refractivity contribution in [3.05, 3.63) is 24.3 Å². The molecule has 1 aliphatic heterocycles. The third kappa shape index (κ3) is 2.07. The van der Waals surface area contributed by atoms with Gasteiger partial charge in [0.25, 0.3) is 0 Å². The maximum absolute atomic E-state index is 9.98. The van der Waals surface area contributed by atoms with E-state index in [-0.39, 0.29) is 0 Å². The van der Waals surface area contributed by atoms with Gasteiger partial charge in [-0.1, -0.05) is 12.1 Å². The summed E-state index contributed by atoms with van der Waals surface area (Å²) in [5.74, 6) is 0. The molecule has 0 unspecified atom stereocenters. The summed E-state index contributed by atoms with van der Waals surface area (Å²) in [4.78, 5) is 1.15. The molecule has 3 rings (SSSR count). The van der Waals surface area contributed by atoms with Crippen molar-refractivity contribution in [1.82, 2.24) is 15.0 Å². The van der Waals surface area contributed by atoms with Gasteiger partial charge in [-0.25, -0.2) is 0 Å². The van der Waals surface area contributed by atoms with Crippen LogP contribution in [0.4, 0.5) is 0 Å². The Bertz CT molecular complexity index is 569. The van der Waals surface area contributed by atoms with Gasteiger partial charge in [0.05, 0.1) is 6.61 Å². The van der Waals surface area contributed by atoms with Gasteiger partial charge < -0.3 is 25.2 Å². The SMILES string of the molecule is OC[C@@H]1O[C@H](n2nc3ccccc3n2)[C@H](O)[C@H](O)[C@H]1O. The lowest BCUT2D eigenvalue weighted by Crippen LogP contribution is -2.56. The van der Waals surface area contributed by atoms with Gasteiger partial charge in [-0.3, -0.25) is 0 Å². The largest absolute Gasteiger partial charge is 0.394 e. The van der Waals surface area contributed by atoms with E-state index in [9.17, 15) is 15.3 Å². The molecule has 8 nitrogen and oxygen atoms in total. The zero-order chi connectivity index (χ0) is 14.3. The smallest absolute Gasteiger partial charge is 0.198 e. The number of nitrogens with zero attached hydrogens (tertiary/aromatic N) is 3. The molecule has 1 aromatic heterocycles. The van der Waals surface area contributed by atoms with E-state index in [2.05, 4.69) is 10.2 Å². The van der Waals surface area contributed by atoms with Crippen molar-refractivity contribution in [3.63, 3.8) is 0 Å². The van der Waals surface area contributed by atoms with Crippen LogP contribution in [0.1, 0.15) is 6.23 Å². The van der Waals surface area contributed by atoms with Crippen LogP contribution in [0.15, 0.2) is 24.3 Å². The van der Waals surface area contributed by atoms with E-state index in [1.165, 1.54) is 0 Å². The Morgan fingerprint density at radius 2 is 1.60 bits per heavy atom. The minimum Gasteiger partial charge on any atom is -0.394 e. The summed E-state index contributed by atoms with van der Waals surface area (Å²) in [6.45, 7) is -0.484. The first-order chi connectivity index (χ1) is 9.61. The number of aromatic nitrogens is 3. The first-order valence-electron chi connectivity index (χ1n) is 6.24. The van der Waals surface area contributed by atoms with Gasteiger partial charge in [0.2, 0.25) is 0 Å². The Balaban J connectivity index is 1.95. The second-order valence-corrected chi connectivity index (χ2v) is 4.73. The summed E-state index contributed by atoms with van der Waals surface area (Å²) in [6.07, 6.45) is -6.28. The summed E-state index contributed by atoms with van der Waals surface area (Å²) in [6, 6.07) is 7.11. The molecule has 0 amide bonds. The first kappa shape index (κ1) is 13.4. The molecule has 0 spiro atoms. The van der Waals surface area contributed by atoms with E-state index in [0.717, 1.165) is 4.80 Å². The van der Waals surface area contributed by atoms with E-state index in [1.807, 2.05) is 0 Å². The highest BCUT2D eigenvalue weighted by molar-refractivity contribution is 5.72. The average Bonchev–Trinajstić information content (AvgIpc) is 2.89. The molecule has 108 valence electrons. The van der Waals surface area contributed by atoms with Crippen LogP contribution >= 0.6 is 0 Å². The molecule has 0 radical (unpaired) electrons. The quantitative estimate of drug-likeness (QED) is 0.523. The molecule has 0 aliphatic carbocycles. The van der Waals surface area contributed by atoms with Crippen LogP contribution in [0.2, 0.25) is 0 Å². The lowest BCUT2D eigenvalue weighted by Gasteiger charge is -2.39. The van der Waals surface area contributed by atoms with Crippen molar-refractivity contribution in [3.8, 4) is 0 Å². The molecule has 1 fully saturated rings. The summed E-state index contributed by atoms with van der Waals surface area (Å²) in [5.41, 5.74) is 1.23. The van der Waals surface area contributed by atoms with Crippen molar-refractivity contribution in [2.45, 2.75) is 30.6 Å². The van der Waals surface area contributed by atoms with Crippen molar-refractivity contribution >= 4 is 11.0 Å². The Labute approximate surface area is 113 Å². The number of ether oxygens (including phenoxy) is 1. The lowest BCUT2D eigenvalue weighted by molar-refractivity contribution is -0.256. The Morgan fingerprint density at radius 3 is 2.15 bits per heavy atom. The fourth-order valence-electron chi connectivity index (χ4n) is 2.26. The van der Waals surface area contributed by atoms with E-state index in [4.69, 9.17) is 9.84 Å². The number of benzene rings is 1. The number of fused-ring (bicyclic) bond motifs is 1. The molecule has 8 heteroatoms. The average molecular weight is 281 g/mol. The fraction of sp³-hybridized carbons (Fsp3) is 0.500. The van der Waals surface area contributed by atoms with Crippen molar-refractivity contribution in [2.75, 3.05) is 6.61 Å². The van der Waals surface area contributed by atoms with Crippen molar-refractivity contribution < 1.29 is 25.2 Å². The molecular formula is C12H15N3O5. The molecular weight excluding hydrogens is 266 g/mol. The topological polar surface area (TPSA) is 121 Å². The van der Waals surface area contributed by atoms with Crippen LogP contribution in [0, 0.1) is 0 Å². The number of aliphatic hydroxyl groups excluding tert-OH is 4. The van der Waals surface area contributed by atoms with Gasteiger partial charge in [0, 0.05) is 0 Å². The van der Waals surface area contributed by atoms with E-state index < -0.39 is 37.3 Å². The maximum atomic E-state index is 9.98. The van der Waals surface area contributed by atoms with Gasteiger partial charge in [0.15, 0.2) is 6.23 Å². The summed E-state index contributed by atoms with van der Waals surface area (Å²) in [5, 5.41) is 46.9. The lowest BCUT2D eigenvalue weighted by atomic mass is 9.99. The number of aliphatic hydroxyl groups is 4. The monoisotopic (exact) mass is 281 g/mol. The van der Waals surface area contributed by atoms with E-state index >= 15 is 0 Å². The predicted octanol–water partition coefficient (Wildman–Crippen LogP) is -1.60.